The summed E-state index contributed by atoms with van der Waals surface area (Å²) in [4.78, 5) is 17.2. The maximum atomic E-state index is 13.9. The molecule has 1 saturated heterocycles. The minimum Gasteiger partial charge on any atom is -0.487 e. The summed E-state index contributed by atoms with van der Waals surface area (Å²) < 4.78 is 34.5. The topological polar surface area (TPSA) is 50.7 Å². The number of nitrogens with one attached hydrogen (secondary N) is 1. The number of ether oxygens (including phenoxy) is 1. The zero-order chi connectivity index (χ0) is 22.7. The first-order valence-corrected chi connectivity index (χ1v) is 12.3. The second-order valence-corrected chi connectivity index (χ2v) is 10.0. The Morgan fingerprint density at radius 1 is 1.03 bits per heavy atom. The van der Waals surface area contributed by atoms with Crippen LogP contribution in [0.5, 0.6) is 5.75 Å². The number of amides is 1. The van der Waals surface area contributed by atoms with Crippen LogP contribution < -0.4 is 10.1 Å². The molecule has 0 spiro atoms. The summed E-state index contributed by atoms with van der Waals surface area (Å²) in [7, 11) is 0. The lowest BCUT2D eigenvalue weighted by atomic mass is 10.2. The Balaban J connectivity index is 1.51. The highest BCUT2D eigenvalue weighted by atomic mass is 127. The fraction of sp³-hybridized carbons (Fsp3) is 0.0435. The normalized spacial score (nSPS) is 15.9. The van der Waals surface area contributed by atoms with Gasteiger partial charge in [-0.05, 0) is 111 Å². The maximum absolute atomic E-state index is 13.9. The van der Waals surface area contributed by atoms with Gasteiger partial charge in [0, 0.05) is 5.56 Å². The van der Waals surface area contributed by atoms with Crippen LogP contribution in [-0.2, 0) is 11.4 Å². The minimum atomic E-state index is -0.344. The van der Waals surface area contributed by atoms with Gasteiger partial charge in [-0.2, -0.15) is 0 Å². The summed E-state index contributed by atoms with van der Waals surface area (Å²) in [6.07, 6.45) is 1.78. The predicted octanol–water partition coefficient (Wildman–Crippen LogP) is 6.64. The molecule has 4 nitrogen and oxygen atoms in total. The van der Waals surface area contributed by atoms with Crippen LogP contribution in [0.4, 0.5) is 14.5 Å². The third kappa shape index (κ3) is 5.67. The molecule has 162 valence electrons. The van der Waals surface area contributed by atoms with E-state index in [9.17, 15) is 13.6 Å². The van der Waals surface area contributed by atoms with Gasteiger partial charge in [-0.3, -0.25) is 4.79 Å². The average Bonchev–Trinajstić information content (AvgIpc) is 3.09. The third-order valence-corrected chi connectivity index (χ3v) is 6.87. The molecule has 1 amide bonds. The Labute approximate surface area is 214 Å². The summed E-state index contributed by atoms with van der Waals surface area (Å²) in [5, 5.41) is 3.15. The lowest BCUT2D eigenvalue weighted by Crippen LogP contribution is -2.19. The second-order valence-electron chi connectivity index (χ2n) is 6.65. The molecule has 0 radical (unpaired) electrons. The first-order chi connectivity index (χ1) is 15.4. The number of carbonyl (C=O) groups excluding carboxylic acids is 1. The van der Waals surface area contributed by atoms with Gasteiger partial charge < -0.3 is 10.1 Å². The maximum Gasteiger partial charge on any atom is 0.264 e. The molecule has 0 atom stereocenters. The number of hydrogen-bond donors (Lipinski definition) is 1. The van der Waals surface area contributed by atoms with E-state index in [1.54, 1.807) is 36.4 Å². The van der Waals surface area contributed by atoms with E-state index >= 15 is 0 Å². The highest BCUT2D eigenvalue weighted by molar-refractivity contribution is 14.1. The van der Waals surface area contributed by atoms with Crippen molar-refractivity contribution in [3.63, 3.8) is 0 Å². The molecular formula is C23H14F2I2N2O2S. The van der Waals surface area contributed by atoms with Gasteiger partial charge in [0.1, 0.15) is 24.0 Å². The van der Waals surface area contributed by atoms with Crippen molar-refractivity contribution >= 4 is 79.8 Å². The molecule has 0 aromatic heterocycles. The monoisotopic (exact) mass is 674 g/mol. The van der Waals surface area contributed by atoms with Crippen molar-refractivity contribution in [2.45, 2.75) is 6.61 Å². The van der Waals surface area contributed by atoms with Crippen LogP contribution in [-0.4, -0.2) is 11.1 Å². The van der Waals surface area contributed by atoms with Gasteiger partial charge in [0.05, 0.1) is 17.7 Å². The van der Waals surface area contributed by atoms with Crippen LogP contribution in [0.1, 0.15) is 11.1 Å². The Kier molecular flexibility index (Phi) is 7.46. The Hall–Kier alpha value is -1.99. The van der Waals surface area contributed by atoms with Gasteiger partial charge in [0.25, 0.3) is 5.91 Å². The highest BCUT2D eigenvalue weighted by Crippen LogP contribution is 2.33. The van der Waals surface area contributed by atoms with E-state index in [-0.39, 0.29) is 24.1 Å². The lowest BCUT2D eigenvalue weighted by molar-refractivity contribution is -0.115. The number of amidine groups is 1. The van der Waals surface area contributed by atoms with Crippen LogP contribution in [0.25, 0.3) is 6.08 Å². The van der Waals surface area contributed by atoms with Gasteiger partial charge in [0.15, 0.2) is 5.17 Å². The fourth-order valence-electron chi connectivity index (χ4n) is 2.83. The molecule has 9 heteroatoms. The Morgan fingerprint density at radius 2 is 1.72 bits per heavy atom. The summed E-state index contributed by atoms with van der Waals surface area (Å²) in [5.41, 5.74) is 1.87. The molecule has 4 rings (SSSR count). The van der Waals surface area contributed by atoms with Crippen molar-refractivity contribution in [3.05, 3.63) is 95.5 Å². The van der Waals surface area contributed by atoms with Crippen LogP contribution in [0.15, 0.2) is 70.6 Å². The zero-order valence-electron chi connectivity index (χ0n) is 16.2. The first-order valence-electron chi connectivity index (χ1n) is 9.29. The van der Waals surface area contributed by atoms with Gasteiger partial charge in [-0.15, -0.1) is 0 Å². The number of carbonyl (C=O) groups is 1. The molecule has 0 unspecified atom stereocenters. The predicted molar refractivity (Wildman–Crippen MR) is 140 cm³/mol. The van der Waals surface area contributed by atoms with Gasteiger partial charge in [-0.25, -0.2) is 13.8 Å². The average molecular weight is 674 g/mol. The number of hydrogen-bond acceptors (Lipinski definition) is 4. The molecule has 1 heterocycles. The SMILES string of the molecule is O=C1NC(=Nc2ccc(F)cc2)S/C1=C\c1cc(I)c(OCc2ccccc2F)c(I)c1. The van der Waals surface area contributed by atoms with Crippen molar-refractivity contribution in [2.75, 3.05) is 0 Å². The van der Waals surface area contributed by atoms with Gasteiger partial charge in [0.2, 0.25) is 0 Å². The van der Waals surface area contributed by atoms with E-state index in [0.29, 0.717) is 27.1 Å². The second kappa shape index (κ2) is 10.3. The first kappa shape index (κ1) is 23.2. The number of halogens is 4. The smallest absolute Gasteiger partial charge is 0.264 e. The molecule has 0 bridgehead atoms. The number of thioether (sulfide) groups is 1. The minimum absolute atomic E-state index is 0.126. The molecule has 3 aromatic rings. The summed E-state index contributed by atoms with van der Waals surface area (Å²) in [6.45, 7) is 0.126. The number of benzene rings is 3. The fourth-order valence-corrected chi connectivity index (χ4v) is 5.80. The largest absolute Gasteiger partial charge is 0.487 e. The summed E-state index contributed by atoms with van der Waals surface area (Å²) in [6, 6.07) is 16.0. The quantitative estimate of drug-likeness (QED) is 0.244. The number of nitrogens with zero attached hydrogens (tertiary/aromatic N) is 1. The number of aliphatic imine (C=N–C) groups is 1. The number of rotatable bonds is 5. The van der Waals surface area contributed by atoms with Crippen LogP contribution in [0.2, 0.25) is 0 Å². The van der Waals surface area contributed by atoms with E-state index in [1.165, 1.54) is 30.0 Å². The Bertz CT molecular complexity index is 1220. The van der Waals surface area contributed by atoms with Gasteiger partial charge in [-0.1, -0.05) is 18.2 Å². The Morgan fingerprint density at radius 3 is 2.41 bits per heavy atom. The molecule has 32 heavy (non-hydrogen) atoms. The molecule has 1 N–H and O–H groups in total. The van der Waals surface area contributed by atoms with Crippen LogP contribution in [0.3, 0.4) is 0 Å². The van der Waals surface area contributed by atoms with Crippen LogP contribution >= 0.6 is 56.9 Å². The third-order valence-electron chi connectivity index (χ3n) is 4.36. The van der Waals surface area contributed by atoms with E-state index in [4.69, 9.17) is 4.74 Å². The lowest BCUT2D eigenvalue weighted by Gasteiger charge is -2.12. The molecule has 0 aliphatic carbocycles. The van der Waals surface area contributed by atoms with E-state index in [2.05, 4.69) is 55.5 Å². The highest BCUT2D eigenvalue weighted by Gasteiger charge is 2.24. The van der Waals surface area contributed by atoms with Crippen molar-refractivity contribution in [2.24, 2.45) is 4.99 Å². The standard InChI is InChI=1S/C23H14F2I2N2O2S/c24-15-5-7-16(8-6-15)28-23-29-22(30)20(32-23)11-13-9-18(26)21(19(27)10-13)31-12-14-3-1-2-4-17(14)25/h1-11H,12H2,(H,28,29,30)/b20-11-. The van der Waals surface area contributed by atoms with E-state index in [1.807, 2.05) is 12.1 Å². The van der Waals surface area contributed by atoms with Gasteiger partial charge >= 0.3 is 0 Å². The molecular weight excluding hydrogens is 660 g/mol. The van der Waals surface area contributed by atoms with Crippen molar-refractivity contribution in [1.82, 2.24) is 5.32 Å². The van der Waals surface area contributed by atoms with Crippen molar-refractivity contribution in [1.29, 1.82) is 0 Å². The van der Waals surface area contributed by atoms with Crippen molar-refractivity contribution < 1.29 is 18.3 Å². The molecule has 1 aliphatic heterocycles. The zero-order valence-corrected chi connectivity index (χ0v) is 21.4. The van der Waals surface area contributed by atoms with Crippen LogP contribution in [0, 0.1) is 18.8 Å². The summed E-state index contributed by atoms with van der Waals surface area (Å²) >= 11 is 5.54. The summed E-state index contributed by atoms with van der Waals surface area (Å²) in [5.74, 6) is -0.233. The molecule has 1 aliphatic rings. The van der Waals surface area contributed by atoms with E-state index in [0.717, 1.165) is 12.7 Å². The van der Waals surface area contributed by atoms with E-state index < -0.39 is 0 Å². The molecule has 3 aromatic carbocycles. The van der Waals surface area contributed by atoms with Crippen molar-refractivity contribution in [3.8, 4) is 5.75 Å². The molecule has 1 fully saturated rings. The molecule has 0 saturated carbocycles.